The minimum absolute atomic E-state index is 0.0318. The van der Waals surface area contributed by atoms with E-state index in [1.807, 2.05) is 18.2 Å². The van der Waals surface area contributed by atoms with E-state index in [4.69, 9.17) is 0 Å². The number of nitrogens with zero attached hydrogens (tertiary/aromatic N) is 3. The molecule has 0 aromatic heterocycles. The third-order valence-corrected chi connectivity index (χ3v) is 6.10. The second-order valence-corrected chi connectivity index (χ2v) is 8.88. The molecule has 0 radical (unpaired) electrons. The van der Waals surface area contributed by atoms with Gasteiger partial charge < -0.3 is 10.0 Å². The topological polar surface area (TPSA) is 56.1 Å². The largest absolute Gasteiger partial charge is 0.385 e. The Balaban J connectivity index is 1.96. The van der Waals surface area contributed by atoms with Gasteiger partial charge in [0.2, 0.25) is 0 Å². The lowest BCUT2D eigenvalue weighted by molar-refractivity contribution is -0.0239. The molecule has 1 N–H and O–H groups in total. The Labute approximate surface area is 188 Å². The van der Waals surface area contributed by atoms with Crippen molar-refractivity contribution in [3.05, 3.63) is 69.8 Å². The molecule has 1 aliphatic heterocycles. The Morgan fingerprint density at radius 1 is 1.30 bits per heavy atom. The molecular formula is C24H32BrN3O2. The fourth-order valence-electron chi connectivity index (χ4n) is 3.56. The summed E-state index contributed by atoms with van der Waals surface area (Å²) in [4.78, 5) is 19.9. The number of aliphatic hydroxyl groups is 1. The van der Waals surface area contributed by atoms with Crippen molar-refractivity contribution in [2.45, 2.75) is 25.4 Å². The zero-order chi connectivity index (χ0) is 22.3. The van der Waals surface area contributed by atoms with Crippen LogP contribution in [0.3, 0.4) is 0 Å². The highest BCUT2D eigenvalue weighted by Crippen LogP contribution is 2.33. The molecule has 0 saturated carbocycles. The second kappa shape index (κ2) is 10.8. The molecule has 2 rings (SSSR count). The lowest BCUT2D eigenvalue weighted by atomic mass is 9.84. The van der Waals surface area contributed by atoms with Crippen LogP contribution in [0.25, 0.3) is 0 Å². The lowest BCUT2D eigenvalue weighted by Gasteiger charge is -2.38. The molecule has 1 saturated heterocycles. The SMILES string of the molecule is C=C(/C=C(\C)CN1CCC(O)(c2ccc(C(=O)N(C)C)cc2)CC1)/C(Br)=C\C=NC. The van der Waals surface area contributed by atoms with E-state index in [1.165, 1.54) is 5.57 Å². The molecule has 0 bridgehead atoms. The number of carbonyl (C=O) groups excluding carboxylic acids is 1. The summed E-state index contributed by atoms with van der Waals surface area (Å²) < 4.78 is 0.914. The summed E-state index contributed by atoms with van der Waals surface area (Å²) in [6.45, 7) is 8.66. The van der Waals surface area contributed by atoms with Gasteiger partial charge in [-0.15, -0.1) is 0 Å². The molecule has 1 fully saturated rings. The first-order valence-electron chi connectivity index (χ1n) is 10.1. The number of aliphatic imine (C=N–C) groups is 1. The van der Waals surface area contributed by atoms with E-state index in [0.29, 0.717) is 18.4 Å². The van der Waals surface area contributed by atoms with Gasteiger partial charge >= 0.3 is 0 Å². The fraction of sp³-hybridized carbons (Fsp3) is 0.417. The number of hydrogen-bond acceptors (Lipinski definition) is 4. The molecule has 5 nitrogen and oxygen atoms in total. The zero-order valence-electron chi connectivity index (χ0n) is 18.4. The molecule has 6 heteroatoms. The second-order valence-electron chi connectivity index (χ2n) is 8.02. The number of likely N-dealkylation sites (tertiary alicyclic amines) is 1. The standard InChI is InChI=1S/C24H32BrN3O2/c1-18(16-19(2)22(25)10-13-26-3)17-28-14-11-24(30,12-15-28)21-8-6-20(7-9-21)23(29)27(4)5/h6-10,13,16,30H,2,11-12,14-15,17H2,1,3-5H3/b18-16+,22-10+,26-13?. The highest BCUT2D eigenvalue weighted by Gasteiger charge is 2.34. The number of amides is 1. The highest BCUT2D eigenvalue weighted by molar-refractivity contribution is 9.12. The first kappa shape index (κ1) is 24.3. The maximum absolute atomic E-state index is 12.1. The van der Waals surface area contributed by atoms with Gasteiger partial charge in [0, 0.05) is 57.0 Å². The minimum atomic E-state index is -0.845. The molecule has 1 amide bonds. The van der Waals surface area contributed by atoms with Gasteiger partial charge in [-0.3, -0.25) is 14.7 Å². The number of benzene rings is 1. The van der Waals surface area contributed by atoms with Crippen LogP contribution in [0.1, 0.15) is 35.7 Å². The Morgan fingerprint density at radius 2 is 1.90 bits per heavy atom. The van der Waals surface area contributed by atoms with Gasteiger partial charge in [0.25, 0.3) is 5.91 Å². The van der Waals surface area contributed by atoms with Crippen molar-refractivity contribution in [1.82, 2.24) is 9.80 Å². The predicted octanol–water partition coefficient (Wildman–Crippen LogP) is 4.15. The third kappa shape index (κ3) is 6.49. The first-order valence-corrected chi connectivity index (χ1v) is 10.9. The van der Waals surface area contributed by atoms with Crippen LogP contribution in [0.4, 0.5) is 0 Å². The van der Waals surface area contributed by atoms with Crippen LogP contribution in [0.2, 0.25) is 0 Å². The molecule has 0 spiro atoms. The number of piperidine rings is 1. The number of rotatable bonds is 7. The van der Waals surface area contributed by atoms with Gasteiger partial charge in [0.05, 0.1) is 5.60 Å². The van der Waals surface area contributed by atoms with Gasteiger partial charge in [0.15, 0.2) is 0 Å². The van der Waals surface area contributed by atoms with E-state index in [0.717, 1.165) is 35.3 Å². The number of hydrogen-bond donors (Lipinski definition) is 1. The summed E-state index contributed by atoms with van der Waals surface area (Å²) in [5, 5.41) is 11.2. The summed E-state index contributed by atoms with van der Waals surface area (Å²) in [6.07, 6.45) is 7.01. The molecule has 1 aromatic carbocycles. The summed E-state index contributed by atoms with van der Waals surface area (Å²) in [5.41, 5.74) is 2.80. The Bertz CT molecular complexity index is 846. The number of allylic oxidation sites excluding steroid dienone is 4. The Morgan fingerprint density at radius 3 is 2.43 bits per heavy atom. The molecule has 1 heterocycles. The fourth-order valence-corrected chi connectivity index (χ4v) is 3.80. The van der Waals surface area contributed by atoms with Crippen LogP contribution in [-0.2, 0) is 5.60 Å². The molecule has 1 aromatic rings. The molecular weight excluding hydrogens is 442 g/mol. The normalized spacial score (nSPS) is 17.9. The molecule has 0 atom stereocenters. The molecule has 1 aliphatic rings. The van der Waals surface area contributed by atoms with Crippen molar-refractivity contribution in [3.63, 3.8) is 0 Å². The van der Waals surface area contributed by atoms with Crippen LogP contribution >= 0.6 is 15.9 Å². The van der Waals surface area contributed by atoms with Crippen molar-refractivity contribution in [1.29, 1.82) is 0 Å². The average Bonchev–Trinajstić information content (AvgIpc) is 2.73. The minimum Gasteiger partial charge on any atom is -0.385 e. The summed E-state index contributed by atoms with van der Waals surface area (Å²) in [6, 6.07) is 7.36. The van der Waals surface area contributed by atoms with Crippen LogP contribution in [0, 0.1) is 0 Å². The zero-order valence-corrected chi connectivity index (χ0v) is 19.9. The van der Waals surface area contributed by atoms with E-state index >= 15 is 0 Å². The van der Waals surface area contributed by atoms with Gasteiger partial charge in [-0.1, -0.05) is 46.3 Å². The number of carbonyl (C=O) groups is 1. The van der Waals surface area contributed by atoms with Gasteiger partial charge in [-0.25, -0.2) is 0 Å². The van der Waals surface area contributed by atoms with Crippen LogP contribution in [0.15, 0.2) is 63.6 Å². The lowest BCUT2D eigenvalue weighted by Crippen LogP contribution is -2.43. The summed E-state index contributed by atoms with van der Waals surface area (Å²) in [7, 11) is 5.20. The van der Waals surface area contributed by atoms with E-state index in [2.05, 4.69) is 45.4 Å². The predicted molar refractivity (Wildman–Crippen MR) is 128 cm³/mol. The van der Waals surface area contributed by atoms with Crippen molar-refractivity contribution < 1.29 is 9.90 Å². The molecule has 162 valence electrons. The van der Waals surface area contributed by atoms with E-state index in [1.54, 1.807) is 44.4 Å². The molecule has 30 heavy (non-hydrogen) atoms. The van der Waals surface area contributed by atoms with E-state index in [9.17, 15) is 9.90 Å². The summed E-state index contributed by atoms with van der Waals surface area (Å²) >= 11 is 3.52. The van der Waals surface area contributed by atoms with E-state index in [-0.39, 0.29) is 5.91 Å². The monoisotopic (exact) mass is 473 g/mol. The smallest absolute Gasteiger partial charge is 0.253 e. The van der Waals surface area contributed by atoms with Gasteiger partial charge in [-0.2, -0.15) is 0 Å². The van der Waals surface area contributed by atoms with Crippen molar-refractivity contribution in [3.8, 4) is 0 Å². The first-order chi connectivity index (χ1) is 14.2. The maximum Gasteiger partial charge on any atom is 0.253 e. The Hall–Kier alpha value is -2.02. The van der Waals surface area contributed by atoms with Crippen LogP contribution in [-0.4, -0.2) is 67.8 Å². The van der Waals surface area contributed by atoms with Crippen molar-refractivity contribution >= 4 is 28.1 Å². The van der Waals surface area contributed by atoms with E-state index < -0.39 is 5.60 Å². The van der Waals surface area contributed by atoms with Crippen LogP contribution < -0.4 is 0 Å². The van der Waals surface area contributed by atoms with Crippen LogP contribution in [0.5, 0.6) is 0 Å². The molecule has 0 aliphatic carbocycles. The number of halogens is 1. The summed E-state index contributed by atoms with van der Waals surface area (Å²) in [5.74, 6) is -0.0318. The average molecular weight is 474 g/mol. The maximum atomic E-state index is 12.1. The van der Waals surface area contributed by atoms with Crippen molar-refractivity contribution in [2.24, 2.45) is 4.99 Å². The highest BCUT2D eigenvalue weighted by atomic mass is 79.9. The van der Waals surface area contributed by atoms with Crippen molar-refractivity contribution in [2.75, 3.05) is 40.8 Å². The third-order valence-electron chi connectivity index (χ3n) is 5.33. The van der Waals surface area contributed by atoms with Gasteiger partial charge in [0.1, 0.15) is 0 Å². The molecule has 0 unspecified atom stereocenters. The Kier molecular flexibility index (Phi) is 8.77. The quantitative estimate of drug-likeness (QED) is 0.477. The van der Waals surface area contributed by atoms with Gasteiger partial charge in [-0.05, 0) is 49.1 Å².